The Bertz CT molecular complexity index is 248. The zero-order chi connectivity index (χ0) is 12.9. The molecule has 0 bridgehead atoms. The van der Waals surface area contributed by atoms with Gasteiger partial charge in [-0.1, -0.05) is 6.92 Å². The normalized spacial score (nSPS) is 24.9. The van der Waals surface area contributed by atoms with Gasteiger partial charge < -0.3 is 26.0 Å². The molecule has 0 aromatic rings. The molecule has 1 aliphatic rings. The minimum atomic E-state index is -0.957. The molecule has 0 aromatic carbocycles. The van der Waals surface area contributed by atoms with Crippen molar-refractivity contribution in [3.8, 4) is 0 Å². The van der Waals surface area contributed by atoms with E-state index in [9.17, 15) is 15.0 Å². The smallest absolute Gasteiger partial charge is 0.249 e. The van der Waals surface area contributed by atoms with Gasteiger partial charge in [-0.2, -0.15) is 0 Å². The summed E-state index contributed by atoms with van der Waals surface area (Å²) in [6, 6.07) is 0. The molecule has 6 heteroatoms. The van der Waals surface area contributed by atoms with Gasteiger partial charge in [-0.25, -0.2) is 0 Å². The maximum absolute atomic E-state index is 11.9. The van der Waals surface area contributed by atoms with Crippen LogP contribution in [0.1, 0.15) is 26.2 Å². The Kier molecular flexibility index (Phi) is 5.32. The lowest BCUT2D eigenvalue weighted by atomic mass is 9.98. The van der Waals surface area contributed by atoms with Gasteiger partial charge in [0.15, 0.2) is 0 Å². The van der Waals surface area contributed by atoms with Crippen molar-refractivity contribution in [1.82, 2.24) is 5.32 Å². The van der Waals surface area contributed by atoms with E-state index in [0.717, 1.165) is 6.42 Å². The molecule has 1 amide bonds. The lowest BCUT2D eigenvalue weighted by Gasteiger charge is -2.30. The van der Waals surface area contributed by atoms with Crippen molar-refractivity contribution in [1.29, 1.82) is 0 Å². The highest BCUT2D eigenvalue weighted by Crippen LogP contribution is 2.20. The number of aliphatic hydroxyl groups is 2. The second kappa shape index (κ2) is 6.30. The van der Waals surface area contributed by atoms with Gasteiger partial charge in [0, 0.05) is 6.54 Å². The van der Waals surface area contributed by atoms with Crippen LogP contribution < -0.4 is 11.1 Å². The van der Waals surface area contributed by atoms with Crippen LogP contribution >= 0.6 is 0 Å². The van der Waals surface area contributed by atoms with Gasteiger partial charge in [-0.15, -0.1) is 0 Å². The van der Waals surface area contributed by atoms with Crippen molar-refractivity contribution >= 4 is 5.91 Å². The van der Waals surface area contributed by atoms with Crippen LogP contribution in [-0.2, 0) is 9.53 Å². The molecule has 17 heavy (non-hydrogen) atoms. The second-order valence-electron chi connectivity index (χ2n) is 4.50. The highest BCUT2D eigenvalue weighted by Gasteiger charge is 2.35. The van der Waals surface area contributed by atoms with Crippen molar-refractivity contribution in [2.45, 2.75) is 43.9 Å². The van der Waals surface area contributed by atoms with Crippen molar-refractivity contribution in [2.24, 2.45) is 5.73 Å². The molecule has 0 aromatic heterocycles. The minimum absolute atomic E-state index is 0.0648. The molecule has 0 spiro atoms. The molecule has 1 aliphatic heterocycles. The maximum atomic E-state index is 11.9. The van der Waals surface area contributed by atoms with E-state index in [4.69, 9.17) is 10.5 Å². The van der Waals surface area contributed by atoms with Crippen LogP contribution in [0.15, 0.2) is 0 Å². The molecule has 5 N–H and O–H groups in total. The average Bonchev–Trinajstić information content (AvgIpc) is 2.85. The predicted molar refractivity (Wildman–Crippen MR) is 62.3 cm³/mol. The van der Waals surface area contributed by atoms with Crippen LogP contribution in [0, 0.1) is 0 Å². The SMILES string of the molecule is CCC(CO)(CO)NC(=O)C1CCC(CN)O1. The zero-order valence-electron chi connectivity index (χ0n) is 10.2. The first-order chi connectivity index (χ1) is 8.10. The van der Waals surface area contributed by atoms with Crippen molar-refractivity contribution in [2.75, 3.05) is 19.8 Å². The van der Waals surface area contributed by atoms with E-state index < -0.39 is 11.6 Å². The quantitative estimate of drug-likeness (QED) is 0.468. The monoisotopic (exact) mass is 246 g/mol. The van der Waals surface area contributed by atoms with E-state index >= 15 is 0 Å². The van der Waals surface area contributed by atoms with Gasteiger partial charge in [-0.05, 0) is 19.3 Å². The van der Waals surface area contributed by atoms with Gasteiger partial charge in [-0.3, -0.25) is 4.79 Å². The number of hydrogen-bond acceptors (Lipinski definition) is 5. The van der Waals surface area contributed by atoms with Gasteiger partial charge >= 0.3 is 0 Å². The first kappa shape index (κ1) is 14.4. The molecule has 0 saturated carbocycles. The summed E-state index contributed by atoms with van der Waals surface area (Å²) in [7, 11) is 0. The molecule has 1 heterocycles. The molecule has 1 rings (SSSR count). The third kappa shape index (κ3) is 3.38. The number of carbonyl (C=O) groups excluding carboxylic acids is 1. The molecule has 0 radical (unpaired) electrons. The van der Waals surface area contributed by atoms with Crippen LogP contribution in [0.5, 0.6) is 0 Å². The van der Waals surface area contributed by atoms with Crippen molar-refractivity contribution in [3.05, 3.63) is 0 Å². The summed E-state index contributed by atoms with van der Waals surface area (Å²) < 4.78 is 5.45. The zero-order valence-corrected chi connectivity index (χ0v) is 10.2. The lowest BCUT2D eigenvalue weighted by molar-refractivity contribution is -0.135. The second-order valence-corrected chi connectivity index (χ2v) is 4.50. The minimum Gasteiger partial charge on any atom is -0.394 e. The molecule has 1 saturated heterocycles. The highest BCUT2D eigenvalue weighted by molar-refractivity contribution is 5.81. The number of carbonyl (C=O) groups is 1. The van der Waals surface area contributed by atoms with Crippen LogP contribution in [0.2, 0.25) is 0 Å². The number of amides is 1. The Hall–Kier alpha value is -0.690. The molecule has 2 atom stereocenters. The van der Waals surface area contributed by atoms with Gasteiger partial charge in [0.25, 0.3) is 0 Å². The Morgan fingerprint density at radius 2 is 2.12 bits per heavy atom. The number of hydrogen-bond donors (Lipinski definition) is 4. The Balaban J connectivity index is 2.54. The third-order valence-electron chi connectivity index (χ3n) is 3.33. The number of nitrogens with two attached hydrogens (primary N) is 1. The summed E-state index contributed by atoms with van der Waals surface area (Å²) in [5, 5.41) is 21.1. The topological polar surface area (TPSA) is 105 Å². The van der Waals surface area contributed by atoms with E-state index in [1.54, 1.807) is 6.92 Å². The molecule has 0 aliphatic carbocycles. The summed E-state index contributed by atoms with van der Waals surface area (Å²) in [6.45, 7) is 1.62. The Morgan fingerprint density at radius 3 is 2.53 bits per heavy atom. The number of nitrogens with one attached hydrogen (secondary N) is 1. The summed E-state index contributed by atoms with van der Waals surface area (Å²) >= 11 is 0. The standard InChI is InChI=1S/C11H22N2O4/c1-2-11(6-14,7-15)13-10(16)9-4-3-8(5-12)17-9/h8-9,14-15H,2-7,12H2,1H3,(H,13,16). The molecular weight excluding hydrogens is 224 g/mol. The van der Waals surface area contributed by atoms with Crippen LogP contribution in [0.25, 0.3) is 0 Å². The fourth-order valence-corrected chi connectivity index (χ4v) is 1.85. The largest absolute Gasteiger partial charge is 0.394 e. The van der Waals surface area contributed by atoms with E-state index in [-0.39, 0.29) is 25.2 Å². The molecule has 100 valence electrons. The van der Waals surface area contributed by atoms with E-state index in [1.165, 1.54) is 0 Å². The number of rotatable bonds is 6. The van der Waals surface area contributed by atoms with Gasteiger partial charge in [0.1, 0.15) is 6.10 Å². The van der Waals surface area contributed by atoms with E-state index in [1.807, 2.05) is 0 Å². The summed E-state index contributed by atoms with van der Waals surface area (Å²) in [5.74, 6) is -0.286. The van der Waals surface area contributed by atoms with E-state index in [0.29, 0.717) is 19.4 Å². The summed E-state index contributed by atoms with van der Waals surface area (Å²) in [4.78, 5) is 11.9. The fraction of sp³-hybridized carbons (Fsp3) is 0.909. The van der Waals surface area contributed by atoms with Crippen LogP contribution in [0.4, 0.5) is 0 Å². The number of aliphatic hydroxyl groups excluding tert-OH is 2. The predicted octanol–water partition coefficient (Wildman–Crippen LogP) is -1.26. The highest BCUT2D eigenvalue weighted by atomic mass is 16.5. The van der Waals surface area contributed by atoms with Crippen molar-refractivity contribution in [3.63, 3.8) is 0 Å². The summed E-state index contributed by atoms with van der Waals surface area (Å²) in [6.07, 6.45) is 1.27. The maximum Gasteiger partial charge on any atom is 0.249 e. The fourth-order valence-electron chi connectivity index (χ4n) is 1.85. The van der Waals surface area contributed by atoms with Gasteiger partial charge in [0.05, 0.1) is 24.9 Å². The first-order valence-corrected chi connectivity index (χ1v) is 6.00. The number of ether oxygens (including phenoxy) is 1. The third-order valence-corrected chi connectivity index (χ3v) is 3.33. The van der Waals surface area contributed by atoms with Crippen LogP contribution in [-0.4, -0.2) is 53.6 Å². The lowest BCUT2D eigenvalue weighted by Crippen LogP contribution is -2.56. The molecule has 2 unspecified atom stereocenters. The van der Waals surface area contributed by atoms with Gasteiger partial charge in [0.2, 0.25) is 5.91 Å². The van der Waals surface area contributed by atoms with E-state index in [2.05, 4.69) is 5.32 Å². The molecule has 1 fully saturated rings. The summed E-state index contributed by atoms with van der Waals surface area (Å²) in [5.41, 5.74) is 4.51. The molecular formula is C11H22N2O4. The van der Waals surface area contributed by atoms with Crippen LogP contribution in [0.3, 0.4) is 0 Å². The Labute approximate surface area is 101 Å². The Morgan fingerprint density at radius 1 is 1.47 bits per heavy atom. The van der Waals surface area contributed by atoms with Crippen molar-refractivity contribution < 1.29 is 19.7 Å². The molecule has 6 nitrogen and oxygen atoms in total. The average molecular weight is 246 g/mol. The first-order valence-electron chi connectivity index (χ1n) is 6.00.